The van der Waals surface area contributed by atoms with E-state index >= 15 is 0 Å². The first kappa shape index (κ1) is 23.0. The summed E-state index contributed by atoms with van der Waals surface area (Å²) < 4.78 is 32.4. The normalized spacial score (nSPS) is 41.7. The number of carbonyl (C=O) groups is 1. The molecule has 9 heteroatoms. The number of rotatable bonds is 5. The Balaban J connectivity index is 1.20. The Morgan fingerprint density at radius 3 is 2.82 bits per heavy atom. The third-order valence-electron chi connectivity index (χ3n) is 7.89. The first-order chi connectivity index (χ1) is 15.8. The fourth-order valence-electron chi connectivity index (χ4n) is 6.13. The van der Waals surface area contributed by atoms with Crippen molar-refractivity contribution in [1.82, 2.24) is 5.32 Å². The summed E-state index contributed by atoms with van der Waals surface area (Å²) in [6, 6.07) is 5.53. The van der Waals surface area contributed by atoms with Gasteiger partial charge in [0.25, 0.3) is 0 Å². The molecule has 182 valence electrons. The average molecular weight is 465 g/mol. The molecule has 8 atom stereocenters. The van der Waals surface area contributed by atoms with Crippen LogP contribution >= 0.6 is 0 Å². The molecule has 5 aliphatic rings. The number of halogens is 1. The summed E-state index contributed by atoms with van der Waals surface area (Å²) in [5, 5.41) is 5.18. The van der Waals surface area contributed by atoms with Crippen LogP contribution < -0.4 is 10.6 Å². The third kappa shape index (κ3) is 4.04. The lowest BCUT2D eigenvalue weighted by atomic mass is 9.58. The molecule has 4 heterocycles. The molecule has 0 aromatic heterocycles. The minimum Gasteiger partial charge on any atom is -0.350 e. The highest BCUT2D eigenvalue weighted by Crippen LogP contribution is 2.60. The van der Waals surface area contributed by atoms with E-state index in [-0.39, 0.29) is 30.7 Å². The molecule has 2 N–H and O–H groups in total. The summed E-state index contributed by atoms with van der Waals surface area (Å²) in [4.78, 5) is 24.0. The molecule has 1 spiro atoms. The van der Waals surface area contributed by atoms with Gasteiger partial charge in [0, 0.05) is 24.8 Å². The Kier molecular flexibility index (Phi) is 6.11. The molecule has 4 saturated heterocycles. The van der Waals surface area contributed by atoms with Crippen molar-refractivity contribution in [1.29, 1.82) is 0 Å². The molecule has 2 amide bonds. The van der Waals surface area contributed by atoms with Crippen LogP contribution in [0.4, 0.5) is 14.9 Å². The van der Waals surface area contributed by atoms with E-state index in [1.165, 1.54) is 12.1 Å². The van der Waals surface area contributed by atoms with Crippen LogP contribution in [0.1, 0.15) is 46.5 Å². The van der Waals surface area contributed by atoms with Crippen molar-refractivity contribution in [3.05, 3.63) is 30.1 Å². The molecule has 1 aromatic carbocycles. The first-order valence-corrected chi connectivity index (χ1v) is 11.9. The molecule has 4 aliphatic heterocycles. The van der Waals surface area contributed by atoms with E-state index in [2.05, 4.69) is 24.5 Å². The van der Waals surface area contributed by atoms with Crippen molar-refractivity contribution in [2.24, 2.45) is 23.7 Å². The molecule has 2 bridgehead atoms. The summed E-state index contributed by atoms with van der Waals surface area (Å²) in [5.74, 6) is -0.255. The average Bonchev–Trinajstić information content (AvgIpc) is 3.02. The van der Waals surface area contributed by atoms with Gasteiger partial charge in [-0.2, -0.15) is 0 Å². The Labute approximate surface area is 193 Å². The minimum atomic E-state index is -0.824. The van der Waals surface area contributed by atoms with E-state index in [4.69, 9.17) is 24.0 Å². The number of para-hydroxylation sites is 1. The third-order valence-corrected chi connectivity index (χ3v) is 7.89. The highest BCUT2D eigenvalue weighted by Gasteiger charge is 2.69. The van der Waals surface area contributed by atoms with Crippen LogP contribution in [0.3, 0.4) is 0 Å². The summed E-state index contributed by atoms with van der Waals surface area (Å²) >= 11 is 0. The molecular formula is C24H33FN2O6. The van der Waals surface area contributed by atoms with Crippen LogP contribution in [0.25, 0.3) is 0 Å². The predicted octanol–water partition coefficient (Wildman–Crippen LogP) is 4.17. The number of nitrogens with one attached hydrogen (secondary N) is 2. The van der Waals surface area contributed by atoms with Crippen LogP contribution in [0.15, 0.2) is 24.3 Å². The van der Waals surface area contributed by atoms with E-state index in [1.54, 1.807) is 12.1 Å². The number of carbonyl (C=O) groups excluding carboxylic acids is 1. The number of urea groups is 1. The van der Waals surface area contributed by atoms with Gasteiger partial charge in [0.05, 0.1) is 12.3 Å². The van der Waals surface area contributed by atoms with Gasteiger partial charge >= 0.3 is 6.03 Å². The van der Waals surface area contributed by atoms with Gasteiger partial charge in [-0.25, -0.2) is 19.0 Å². The maximum atomic E-state index is 13.7. The molecule has 1 aromatic rings. The highest BCUT2D eigenvalue weighted by molar-refractivity contribution is 5.89. The second-order valence-electron chi connectivity index (χ2n) is 10.0. The number of ether oxygens (including phenoxy) is 3. The number of anilines is 1. The Bertz CT molecular complexity index is 888. The molecular weight excluding hydrogens is 431 g/mol. The van der Waals surface area contributed by atoms with Gasteiger partial charge in [-0.05, 0) is 50.2 Å². The van der Waals surface area contributed by atoms with Gasteiger partial charge in [-0.1, -0.05) is 26.0 Å². The number of fused-ring (bicyclic) bond motifs is 2. The molecule has 0 radical (unpaired) electrons. The quantitative estimate of drug-likeness (QED) is 0.502. The van der Waals surface area contributed by atoms with E-state index < -0.39 is 35.8 Å². The summed E-state index contributed by atoms with van der Waals surface area (Å²) in [7, 11) is 0. The Hall–Kier alpha value is -1.78. The van der Waals surface area contributed by atoms with Gasteiger partial charge in [0.2, 0.25) is 5.79 Å². The second-order valence-corrected chi connectivity index (χ2v) is 10.0. The Morgan fingerprint density at radius 2 is 2.00 bits per heavy atom. The summed E-state index contributed by atoms with van der Waals surface area (Å²) in [6.45, 7) is 6.80. The van der Waals surface area contributed by atoms with Crippen LogP contribution in [-0.4, -0.2) is 43.2 Å². The summed E-state index contributed by atoms with van der Waals surface area (Å²) in [5.41, 5.74) is -0.493. The van der Waals surface area contributed by atoms with Crippen LogP contribution in [0.5, 0.6) is 0 Å². The van der Waals surface area contributed by atoms with Gasteiger partial charge in [0.1, 0.15) is 5.82 Å². The number of hydrogen-bond acceptors (Lipinski definition) is 6. The van der Waals surface area contributed by atoms with Crippen molar-refractivity contribution in [2.45, 2.75) is 70.4 Å². The van der Waals surface area contributed by atoms with Crippen molar-refractivity contribution in [2.75, 3.05) is 18.5 Å². The number of hydrogen-bond donors (Lipinski definition) is 2. The number of amides is 2. The smallest absolute Gasteiger partial charge is 0.319 e. The lowest BCUT2D eigenvalue weighted by molar-refractivity contribution is -0.577. The number of benzene rings is 1. The zero-order chi connectivity index (χ0) is 23.2. The van der Waals surface area contributed by atoms with Gasteiger partial charge in [-0.15, -0.1) is 0 Å². The van der Waals surface area contributed by atoms with Crippen molar-refractivity contribution < 1.29 is 33.2 Å². The molecule has 1 aliphatic carbocycles. The zero-order valence-electron chi connectivity index (χ0n) is 19.3. The van der Waals surface area contributed by atoms with Crippen LogP contribution in [-0.2, 0) is 24.0 Å². The molecule has 0 unspecified atom stereocenters. The van der Waals surface area contributed by atoms with Crippen molar-refractivity contribution >= 4 is 11.7 Å². The van der Waals surface area contributed by atoms with Crippen LogP contribution in [0, 0.1) is 29.5 Å². The Morgan fingerprint density at radius 1 is 1.18 bits per heavy atom. The largest absolute Gasteiger partial charge is 0.350 e. The molecule has 33 heavy (non-hydrogen) atoms. The fourth-order valence-corrected chi connectivity index (χ4v) is 6.13. The SMILES string of the molecule is C[C@H]1[C@H](OCCNC(=O)Nc2ccccc2F)O[C@@H]2O[C@]3(C)CC[C@H]4[C@H](C)CC[C@@H]1[C@@]24OO3. The van der Waals surface area contributed by atoms with Crippen LogP contribution in [0.2, 0.25) is 0 Å². The van der Waals surface area contributed by atoms with Gasteiger partial charge < -0.3 is 24.8 Å². The fraction of sp³-hybridized carbons (Fsp3) is 0.708. The van der Waals surface area contributed by atoms with E-state index in [0.717, 1.165) is 25.7 Å². The summed E-state index contributed by atoms with van der Waals surface area (Å²) in [6.07, 6.45) is 2.81. The first-order valence-electron chi connectivity index (χ1n) is 11.9. The lowest BCUT2D eigenvalue weighted by Gasteiger charge is -2.60. The van der Waals surface area contributed by atoms with E-state index in [1.807, 2.05) is 6.92 Å². The molecule has 8 nitrogen and oxygen atoms in total. The van der Waals surface area contributed by atoms with Gasteiger partial charge in [-0.3, -0.25) is 0 Å². The zero-order valence-corrected chi connectivity index (χ0v) is 19.3. The second kappa shape index (κ2) is 8.78. The minimum absolute atomic E-state index is 0.0677. The predicted molar refractivity (Wildman–Crippen MR) is 116 cm³/mol. The maximum Gasteiger partial charge on any atom is 0.319 e. The monoisotopic (exact) mass is 464 g/mol. The maximum absolute atomic E-state index is 13.7. The topological polar surface area (TPSA) is 87.3 Å². The lowest BCUT2D eigenvalue weighted by Crippen LogP contribution is -2.70. The van der Waals surface area contributed by atoms with Crippen molar-refractivity contribution in [3.63, 3.8) is 0 Å². The molecule has 5 fully saturated rings. The van der Waals surface area contributed by atoms with E-state index in [0.29, 0.717) is 11.8 Å². The highest BCUT2D eigenvalue weighted by atomic mass is 19.1. The van der Waals surface area contributed by atoms with E-state index in [9.17, 15) is 9.18 Å². The van der Waals surface area contributed by atoms with Crippen molar-refractivity contribution in [3.8, 4) is 0 Å². The van der Waals surface area contributed by atoms with Gasteiger partial charge in [0.15, 0.2) is 18.2 Å². The molecule has 1 saturated carbocycles. The molecule has 6 rings (SSSR count). The standard InChI is InChI=1S/C24H33FN2O6/c1-14-8-9-17-15(2)20(29-13-12-26-22(28)27-19-7-5-4-6-18(19)25)30-21-24(17)16(14)10-11-23(3,31-21)32-33-24/h4-7,14-17,20-21H,8-13H2,1-3H3,(H2,26,27,28)/t14-,15-,16+,17+,20-,21-,23+,24-/m1/s1.